The van der Waals surface area contributed by atoms with Crippen molar-refractivity contribution in [3.8, 4) is 5.75 Å². The molecular formula is C12H16I2O. The Kier molecular flexibility index (Phi) is 4.70. The number of hydrogen-bond acceptors (Lipinski definition) is 1. The predicted molar refractivity (Wildman–Crippen MR) is 81.3 cm³/mol. The van der Waals surface area contributed by atoms with E-state index in [0.29, 0.717) is 11.2 Å². The number of halogens is 2. The number of aromatic hydroxyl groups is 1. The van der Waals surface area contributed by atoms with E-state index in [2.05, 4.69) is 78.1 Å². The lowest BCUT2D eigenvalue weighted by Gasteiger charge is -2.18. The van der Waals surface area contributed by atoms with E-state index >= 15 is 0 Å². The molecule has 0 fully saturated rings. The summed E-state index contributed by atoms with van der Waals surface area (Å²) in [4.78, 5) is 0. The molecule has 0 saturated carbocycles. The molecule has 0 amide bonds. The zero-order valence-electron chi connectivity index (χ0n) is 9.27. The van der Waals surface area contributed by atoms with Gasteiger partial charge in [-0.2, -0.15) is 0 Å². The van der Waals surface area contributed by atoms with E-state index in [1.165, 1.54) is 12.0 Å². The van der Waals surface area contributed by atoms with Crippen LogP contribution in [0.2, 0.25) is 0 Å². The maximum atomic E-state index is 9.64. The minimum absolute atomic E-state index is 0.370. The van der Waals surface area contributed by atoms with Crippen molar-refractivity contribution in [2.24, 2.45) is 5.41 Å². The van der Waals surface area contributed by atoms with Gasteiger partial charge in [-0.3, -0.25) is 0 Å². The van der Waals surface area contributed by atoms with Gasteiger partial charge >= 0.3 is 0 Å². The Morgan fingerprint density at radius 2 is 1.60 bits per heavy atom. The van der Waals surface area contributed by atoms with Crippen molar-refractivity contribution >= 4 is 45.2 Å². The molecule has 1 N–H and O–H groups in total. The molecule has 1 aromatic rings. The first-order valence-corrected chi connectivity index (χ1v) is 7.12. The summed E-state index contributed by atoms with van der Waals surface area (Å²) in [7, 11) is 0. The van der Waals surface area contributed by atoms with E-state index in [1.807, 2.05) is 0 Å². The van der Waals surface area contributed by atoms with Crippen LogP contribution in [0.25, 0.3) is 0 Å². The second-order valence-corrected chi connectivity index (χ2v) is 7.29. The zero-order valence-corrected chi connectivity index (χ0v) is 13.6. The number of hydrogen-bond donors (Lipinski definition) is 1. The molecule has 84 valence electrons. The largest absolute Gasteiger partial charge is 0.506 e. The van der Waals surface area contributed by atoms with Crippen LogP contribution in [0.5, 0.6) is 5.75 Å². The van der Waals surface area contributed by atoms with Crippen molar-refractivity contribution in [3.63, 3.8) is 0 Å². The molecule has 1 nitrogen and oxygen atoms in total. The Balaban J connectivity index is 2.80. The molecular weight excluding hydrogens is 414 g/mol. The van der Waals surface area contributed by atoms with E-state index < -0.39 is 0 Å². The Hall–Kier alpha value is 0.480. The van der Waals surface area contributed by atoms with Gasteiger partial charge in [0, 0.05) is 0 Å². The molecule has 0 bridgehead atoms. The molecule has 3 heteroatoms. The summed E-state index contributed by atoms with van der Waals surface area (Å²) in [6.45, 7) is 6.76. The molecule has 0 spiro atoms. The molecule has 0 unspecified atom stereocenters. The lowest BCUT2D eigenvalue weighted by Crippen LogP contribution is -2.06. The number of rotatable bonds is 2. The average Bonchev–Trinajstić information content (AvgIpc) is 2.09. The number of phenols is 1. The fraction of sp³-hybridized carbons (Fsp3) is 0.500. The van der Waals surface area contributed by atoms with E-state index in [0.717, 1.165) is 13.6 Å². The molecule has 0 aliphatic heterocycles. The Morgan fingerprint density at radius 3 is 2.00 bits per heavy atom. The van der Waals surface area contributed by atoms with Crippen molar-refractivity contribution in [1.29, 1.82) is 0 Å². The summed E-state index contributed by atoms with van der Waals surface area (Å²) < 4.78 is 1.90. The van der Waals surface area contributed by atoms with Crippen molar-refractivity contribution < 1.29 is 5.11 Å². The van der Waals surface area contributed by atoms with Gasteiger partial charge in [-0.05, 0) is 81.1 Å². The monoisotopic (exact) mass is 430 g/mol. The summed E-state index contributed by atoms with van der Waals surface area (Å²) in [6, 6.07) is 4.15. The molecule has 0 radical (unpaired) electrons. The first kappa shape index (κ1) is 13.5. The highest BCUT2D eigenvalue weighted by atomic mass is 127. The highest BCUT2D eigenvalue weighted by Gasteiger charge is 2.11. The first-order valence-electron chi connectivity index (χ1n) is 4.96. The van der Waals surface area contributed by atoms with Gasteiger partial charge in [-0.15, -0.1) is 0 Å². The Labute approximate surface area is 119 Å². The molecule has 0 aromatic heterocycles. The van der Waals surface area contributed by atoms with Crippen molar-refractivity contribution in [2.75, 3.05) is 0 Å². The molecule has 0 heterocycles. The molecule has 0 aliphatic carbocycles. The van der Waals surface area contributed by atoms with Crippen molar-refractivity contribution in [3.05, 3.63) is 24.8 Å². The second kappa shape index (κ2) is 5.21. The fourth-order valence-electron chi connectivity index (χ4n) is 1.28. The lowest BCUT2D eigenvalue weighted by atomic mass is 9.89. The second-order valence-electron chi connectivity index (χ2n) is 4.97. The maximum Gasteiger partial charge on any atom is 0.142 e. The van der Waals surface area contributed by atoms with Crippen LogP contribution < -0.4 is 0 Å². The molecule has 15 heavy (non-hydrogen) atoms. The van der Waals surface area contributed by atoms with Gasteiger partial charge < -0.3 is 5.11 Å². The average molecular weight is 430 g/mol. The normalized spacial score (nSPS) is 11.8. The predicted octanol–water partition coefficient (Wildman–Crippen LogP) is 4.58. The molecule has 0 saturated heterocycles. The lowest BCUT2D eigenvalue weighted by molar-refractivity contribution is 0.378. The van der Waals surface area contributed by atoms with Crippen LogP contribution in [0.4, 0.5) is 0 Å². The summed E-state index contributed by atoms with van der Waals surface area (Å²) in [5.41, 5.74) is 1.69. The zero-order chi connectivity index (χ0) is 11.6. The Bertz CT molecular complexity index is 330. The maximum absolute atomic E-state index is 9.64. The van der Waals surface area contributed by atoms with Crippen LogP contribution in [-0.2, 0) is 6.42 Å². The number of aryl methyl sites for hydroxylation is 1. The minimum atomic E-state index is 0.370. The third kappa shape index (κ3) is 4.46. The van der Waals surface area contributed by atoms with E-state index in [1.54, 1.807) is 0 Å². The number of phenolic OH excluding ortho intramolecular Hbond substituents is 1. The highest BCUT2D eigenvalue weighted by Crippen LogP contribution is 2.29. The van der Waals surface area contributed by atoms with Gasteiger partial charge in [-0.25, -0.2) is 0 Å². The summed E-state index contributed by atoms with van der Waals surface area (Å²) in [6.07, 6.45) is 2.25. The van der Waals surface area contributed by atoms with E-state index in [4.69, 9.17) is 0 Å². The van der Waals surface area contributed by atoms with Crippen LogP contribution in [0.1, 0.15) is 32.8 Å². The summed E-state index contributed by atoms with van der Waals surface area (Å²) in [5, 5.41) is 9.64. The third-order valence-electron chi connectivity index (χ3n) is 2.24. The van der Waals surface area contributed by atoms with Gasteiger partial charge in [0.1, 0.15) is 5.75 Å². The van der Waals surface area contributed by atoms with Crippen molar-refractivity contribution in [2.45, 2.75) is 33.6 Å². The highest BCUT2D eigenvalue weighted by molar-refractivity contribution is 14.1. The Morgan fingerprint density at radius 1 is 1.13 bits per heavy atom. The number of benzene rings is 1. The first-order chi connectivity index (χ1) is 6.79. The smallest absolute Gasteiger partial charge is 0.142 e. The SMILES string of the molecule is CC(C)(C)CCc1cc(I)c(O)c(I)c1. The van der Waals surface area contributed by atoms with Crippen molar-refractivity contribution in [1.82, 2.24) is 0 Å². The molecule has 1 aromatic carbocycles. The van der Waals surface area contributed by atoms with Gasteiger partial charge in [-0.1, -0.05) is 20.8 Å². The van der Waals surface area contributed by atoms with Gasteiger partial charge in [0.2, 0.25) is 0 Å². The van der Waals surface area contributed by atoms with Gasteiger partial charge in [0.15, 0.2) is 0 Å². The van der Waals surface area contributed by atoms with Gasteiger partial charge in [0.25, 0.3) is 0 Å². The molecule has 1 rings (SSSR count). The van der Waals surface area contributed by atoms with E-state index in [-0.39, 0.29) is 0 Å². The van der Waals surface area contributed by atoms with Crippen LogP contribution in [0.15, 0.2) is 12.1 Å². The third-order valence-corrected chi connectivity index (χ3v) is 3.88. The van der Waals surface area contributed by atoms with Crippen LogP contribution in [0, 0.1) is 12.6 Å². The summed E-state index contributed by atoms with van der Waals surface area (Å²) >= 11 is 4.36. The van der Waals surface area contributed by atoms with Crippen LogP contribution in [0.3, 0.4) is 0 Å². The minimum Gasteiger partial charge on any atom is -0.506 e. The van der Waals surface area contributed by atoms with E-state index in [9.17, 15) is 5.11 Å². The summed E-state index contributed by atoms with van der Waals surface area (Å²) in [5.74, 6) is 0.413. The quantitative estimate of drug-likeness (QED) is 0.682. The standard InChI is InChI=1S/C12H16I2O/c1-12(2,3)5-4-8-6-9(13)11(15)10(14)7-8/h6-7,15H,4-5H2,1-3H3. The van der Waals surface area contributed by atoms with Crippen LogP contribution >= 0.6 is 45.2 Å². The topological polar surface area (TPSA) is 20.2 Å². The van der Waals surface area contributed by atoms with Crippen LogP contribution in [-0.4, -0.2) is 5.11 Å². The molecule has 0 atom stereocenters. The van der Waals surface area contributed by atoms with Gasteiger partial charge in [0.05, 0.1) is 7.14 Å². The molecule has 0 aliphatic rings. The fourth-order valence-corrected chi connectivity index (χ4v) is 3.18.